The van der Waals surface area contributed by atoms with Gasteiger partial charge in [0.1, 0.15) is 23.9 Å². The lowest BCUT2D eigenvalue weighted by atomic mass is 10.0. The van der Waals surface area contributed by atoms with Gasteiger partial charge < -0.3 is 60.6 Å². The Morgan fingerprint density at radius 2 is 1.16 bits per heavy atom. The molecule has 0 aromatic heterocycles. The Morgan fingerprint density at radius 1 is 0.705 bits per heavy atom. The number of carboxylic acid groups (broad SMARTS) is 1. The number of aliphatic carboxylic acids is 1. The number of hydrogen-bond donors (Lipinski definition) is 11. The van der Waals surface area contributed by atoms with Crippen molar-refractivity contribution in [1.29, 1.82) is 0 Å². The third-order valence-electron chi connectivity index (χ3n) is 6.18. The zero-order chi connectivity index (χ0) is 33.2. The number of phenols is 1. The van der Waals surface area contributed by atoms with Gasteiger partial charge in [0.15, 0.2) is 11.9 Å². The second-order valence-electron chi connectivity index (χ2n) is 9.90. The highest BCUT2D eigenvalue weighted by Crippen LogP contribution is 2.11. The molecule has 0 aliphatic heterocycles. The van der Waals surface area contributed by atoms with Crippen LogP contribution in [0.1, 0.15) is 44.1 Å². The normalized spacial score (nSPS) is 13.3. The van der Waals surface area contributed by atoms with E-state index in [1.54, 1.807) is 12.1 Å². The maximum absolute atomic E-state index is 13.3. The summed E-state index contributed by atoms with van der Waals surface area (Å²) in [6, 6.07) is 1.02. The van der Waals surface area contributed by atoms with Gasteiger partial charge in [-0.25, -0.2) is 4.79 Å². The number of amides is 4. The summed E-state index contributed by atoms with van der Waals surface area (Å²) >= 11 is 0. The molecule has 0 saturated carbocycles. The lowest BCUT2D eigenvalue weighted by Gasteiger charge is -2.25. The number of aromatic hydroxyl groups is 1. The van der Waals surface area contributed by atoms with E-state index in [0.29, 0.717) is 5.56 Å². The summed E-state index contributed by atoms with van der Waals surface area (Å²) in [7, 11) is 0. The van der Waals surface area contributed by atoms with Crippen LogP contribution in [0.15, 0.2) is 34.3 Å². The summed E-state index contributed by atoms with van der Waals surface area (Å²) in [4.78, 5) is 70.2. The van der Waals surface area contributed by atoms with Crippen LogP contribution in [-0.2, 0) is 30.4 Å². The number of hydrogen-bond acceptors (Lipinski definition) is 9. The number of nitrogens with one attached hydrogen (secondary N) is 3. The molecule has 0 fully saturated rings. The van der Waals surface area contributed by atoms with E-state index in [2.05, 4.69) is 25.9 Å². The van der Waals surface area contributed by atoms with Crippen molar-refractivity contribution in [2.75, 3.05) is 13.1 Å². The lowest BCUT2D eigenvalue weighted by Crippen LogP contribution is -2.57. The van der Waals surface area contributed by atoms with Crippen molar-refractivity contribution in [3.05, 3.63) is 29.8 Å². The second kappa shape index (κ2) is 19.1. The molecule has 0 radical (unpaired) electrons. The van der Waals surface area contributed by atoms with Crippen LogP contribution in [0.25, 0.3) is 0 Å². The first-order chi connectivity index (χ1) is 20.7. The Morgan fingerprint density at radius 3 is 1.64 bits per heavy atom. The van der Waals surface area contributed by atoms with Gasteiger partial charge in [0.2, 0.25) is 23.6 Å². The molecule has 17 N–H and O–H groups in total. The molecule has 1 aromatic rings. The van der Waals surface area contributed by atoms with Crippen LogP contribution < -0.4 is 50.4 Å². The first-order valence-corrected chi connectivity index (χ1v) is 13.8. The van der Waals surface area contributed by atoms with Crippen LogP contribution >= 0.6 is 0 Å². The monoisotopic (exact) mass is 621 g/mol. The largest absolute Gasteiger partial charge is 0.508 e. The molecule has 1 rings (SSSR count). The van der Waals surface area contributed by atoms with Gasteiger partial charge in [-0.05, 0) is 56.2 Å². The molecule has 44 heavy (non-hydrogen) atoms. The first-order valence-electron chi connectivity index (χ1n) is 13.8. The number of primary amides is 1. The van der Waals surface area contributed by atoms with Gasteiger partial charge in [-0.3, -0.25) is 29.2 Å². The highest BCUT2D eigenvalue weighted by molar-refractivity contribution is 5.94. The molecule has 244 valence electrons. The third kappa shape index (κ3) is 15.2. The van der Waals surface area contributed by atoms with Crippen molar-refractivity contribution >= 4 is 41.5 Å². The van der Waals surface area contributed by atoms with Crippen LogP contribution in [0.5, 0.6) is 5.75 Å². The Bertz CT molecular complexity index is 1180. The SMILES string of the molecule is NC(=O)CCC(NC(=O)C(N)Cc1ccc(O)cc1)C(=O)NC(CCCN=C(N)N)C(=O)NC(CCCN=C(N)N)C(=O)O. The van der Waals surface area contributed by atoms with Gasteiger partial charge in [0, 0.05) is 19.5 Å². The van der Waals surface area contributed by atoms with Crippen molar-refractivity contribution in [3.8, 4) is 5.75 Å². The molecule has 0 bridgehead atoms. The van der Waals surface area contributed by atoms with Crippen molar-refractivity contribution in [2.24, 2.45) is 44.4 Å². The van der Waals surface area contributed by atoms with Crippen molar-refractivity contribution in [2.45, 2.75) is 69.1 Å². The average molecular weight is 622 g/mol. The van der Waals surface area contributed by atoms with Gasteiger partial charge >= 0.3 is 5.97 Å². The Hall–Kier alpha value is -5.13. The van der Waals surface area contributed by atoms with E-state index in [9.17, 15) is 34.2 Å². The number of nitrogens with zero attached hydrogens (tertiary/aromatic N) is 2. The average Bonchev–Trinajstić information content (AvgIpc) is 2.94. The molecule has 4 atom stereocenters. The second-order valence-corrected chi connectivity index (χ2v) is 9.90. The number of phenolic OH excluding ortho intramolecular Hbond substituents is 1. The first kappa shape index (κ1) is 36.9. The molecule has 1 aromatic carbocycles. The number of rotatable bonds is 20. The highest BCUT2D eigenvalue weighted by atomic mass is 16.4. The maximum Gasteiger partial charge on any atom is 0.326 e. The zero-order valence-corrected chi connectivity index (χ0v) is 24.3. The molecule has 0 saturated heterocycles. The lowest BCUT2D eigenvalue weighted by molar-refractivity contribution is -0.142. The fraction of sp³-hybridized carbons (Fsp3) is 0.500. The predicted molar refractivity (Wildman–Crippen MR) is 161 cm³/mol. The highest BCUT2D eigenvalue weighted by Gasteiger charge is 2.30. The summed E-state index contributed by atoms with van der Waals surface area (Å²) in [6.07, 6.45) is 0.0320. The van der Waals surface area contributed by atoms with Crippen molar-refractivity contribution in [3.63, 3.8) is 0 Å². The quantitative estimate of drug-likeness (QED) is 0.0379. The van der Waals surface area contributed by atoms with Gasteiger partial charge in [-0.2, -0.15) is 0 Å². The molecule has 0 heterocycles. The van der Waals surface area contributed by atoms with Crippen molar-refractivity contribution < 1.29 is 34.2 Å². The molecule has 0 aliphatic carbocycles. The van der Waals surface area contributed by atoms with E-state index in [-0.39, 0.29) is 75.7 Å². The summed E-state index contributed by atoms with van der Waals surface area (Å²) in [5, 5.41) is 26.4. The smallest absolute Gasteiger partial charge is 0.326 e. The Balaban J connectivity index is 3.06. The molecule has 18 heteroatoms. The number of aliphatic imine (C=N–C) groups is 2. The van der Waals surface area contributed by atoms with Gasteiger partial charge in [0.25, 0.3) is 0 Å². The molecule has 0 aliphatic rings. The zero-order valence-electron chi connectivity index (χ0n) is 24.3. The third-order valence-corrected chi connectivity index (χ3v) is 6.18. The number of nitrogens with two attached hydrogens (primary N) is 6. The van der Waals surface area contributed by atoms with Gasteiger partial charge in [-0.1, -0.05) is 12.1 Å². The minimum Gasteiger partial charge on any atom is -0.508 e. The minimum atomic E-state index is -1.32. The predicted octanol–water partition coefficient (Wildman–Crippen LogP) is -3.83. The summed E-state index contributed by atoms with van der Waals surface area (Å²) in [5.41, 5.74) is 33.1. The number of benzene rings is 1. The number of carboxylic acids is 1. The van der Waals surface area contributed by atoms with Crippen LogP contribution in [0.4, 0.5) is 0 Å². The Kier molecular flexibility index (Phi) is 16.0. The molecular formula is C26H43N11O7. The van der Waals surface area contributed by atoms with Gasteiger partial charge in [-0.15, -0.1) is 0 Å². The summed E-state index contributed by atoms with van der Waals surface area (Å²) < 4.78 is 0. The van der Waals surface area contributed by atoms with E-state index >= 15 is 0 Å². The molecule has 4 unspecified atom stereocenters. The van der Waals surface area contributed by atoms with E-state index in [0.717, 1.165) is 0 Å². The van der Waals surface area contributed by atoms with E-state index in [1.165, 1.54) is 12.1 Å². The van der Waals surface area contributed by atoms with Crippen LogP contribution in [0.2, 0.25) is 0 Å². The topological polar surface area (TPSA) is 343 Å². The summed E-state index contributed by atoms with van der Waals surface area (Å²) in [5.74, 6) is -4.73. The molecule has 18 nitrogen and oxygen atoms in total. The van der Waals surface area contributed by atoms with Crippen LogP contribution in [-0.4, -0.2) is 89.0 Å². The molecule has 4 amide bonds. The molecule has 0 spiro atoms. The molecular weight excluding hydrogens is 578 g/mol. The van der Waals surface area contributed by atoms with Crippen LogP contribution in [0, 0.1) is 0 Å². The standard InChI is InChI=1S/C26H43N11O7/c27-16(13-14-5-7-15(38)8-6-14)21(40)35-18(9-10-20(28)39)23(42)36-17(3-1-11-33-25(29)30)22(41)37-19(24(43)44)4-2-12-34-26(31)32/h5-8,16-19,38H,1-4,9-13,27H2,(H2,28,39)(H,35,40)(H,36,42)(H,37,41)(H,43,44)(H4,29,30,33)(H4,31,32,34). The maximum atomic E-state index is 13.3. The fourth-order valence-electron chi connectivity index (χ4n) is 3.89. The number of guanidine groups is 2. The van der Waals surface area contributed by atoms with E-state index in [1.807, 2.05) is 0 Å². The van der Waals surface area contributed by atoms with Crippen molar-refractivity contribution in [1.82, 2.24) is 16.0 Å². The minimum absolute atomic E-state index is 0.00839. The van der Waals surface area contributed by atoms with E-state index in [4.69, 9.17) is 34.4 Å². The fourth-order valence-corrected chi connectivity index (χ4v) is 3.89. The summed E-state index contributed by atoms with van der Waals surface area (Å²) in [6.45, 7) is 0.244. The van der Waals surface area contributed by atoms with E-state index < -0.39 is 53.8 Å². The number of carbonyl (C=O) groups is 5. The van der Waals surface area contributed by atoms with Crippen LogP contribution in [0.3, 0.4) is 0 Å². The Labute approximate surface area is 254 Å². The number of carbonyl (C=O) groups excluding carboxylic acids is 4. The van der Waals surface area contributed by atoms with Gasteiger partial charge in [0.05, 0.1) is 6.04 Å².